The second kappa shape index (κ2) is 7.23. The van der Waals surface area contributed by atoms with Crippen LogP contribution in [0, 0.1) is 11.3 Å². The zero-order valence-electron chi connectivity index (χ0n) is 11.7. The molecule has 0 saturated carbocycles. The Morgan fingerprint density at radius 2 is 1.76 bits per heavy atom. The number of halogens is 1. The molecular formula is C14H18ClN3O2S. The summed E-state index contributed by atoms with van der Waals surface area (Å²) in [6, 6.07) is 8.38. The Kier molecular flexibility index (Phi) is 5.59. The summed E-state index contributed by atoms with van der Waals surface area (Å²) in [5.41, 5.74) is 0. The fraction of sp³-hybridized carbons (Fsp3) is 0.500. The third-order valence-electron chi connectivity index (χ3n) is 3.55. The van der Waals surface area contributed by atoms with Gasteiger partial charge in [0.25, 0.3) is 0 Å². The van der Waals surface area contributed by atoms with Crippen LogP contribution in [-0.4, -0.2) is 50.3 Å². The molecule has 1 aromatic rings. The molecule has 0 aromatic heterocycles. The molecule has 1 saturated heterocycles. The summed E-state index contributed by atoms with van der Waals surface area (Å²) in [4.78, 5) is 2.48. The number of nitrogens with zero attached hydrogens (tertiary/aromatic N) is 3. The standard InChI is InChI=1S/C14H18ClN3O2S/c15-13-3-5-14(6-4-13)21(19,20)18-11-9-17(10-12-18)8-2-1-7-16/h3-6H,1-2,8-12H2. The van der Waals surface area contributed by atoms with Crippen LogP contribution in [0.4, 0.5) is 0 Å². The highest BCUT2D eigenvalue weighted by Gasteiger charge is 2.28. The maximum atomic E-state index is 12.5. The number of hydrogen-bond donors (Lipinski definition) is 0. The van der Waals surface area contributed by atoms with Crippen molar-refractivity contribution in [1.82, 2.24) is 9.21 Å². The van der Waals surface area contributed by atoms with Gasteiger partial charge in [-0.25, -0.2) is 8.42 Å². The molecule has 1 aromatic carbocycles. The number of nitriles is 1. The summed E-state index contributed by atoms with van der Waals surface area (Å²) in [7, 11) is -3.43. The lowest BCUT2D eigenvalue weighted by Gasteiger charge is -2.33. The molecule has 2 rings (SSSR count). The normalized spacial score (nSPS) is 17.5. The minimum Gasteiger partial charge on any atom is -0.301 e. The Morgan fingerprint density at radius 3 is 2.33 bits per heavy atom. The number of unbranched alkanes of at least 4 members (excludes halogenated alkanes) is 1. The maximum Gasteiger partial charge on any atom is 0.243 e. The summed E-state index contributed by atoms with van der Waals surface area (Å²) in [5.74, 6) is 0. The minimum absolute atomic E-state index is 0.282. The summed E-state index contributed by atoms with van der Waals surface area (Å²) < 4.78 is 26.5. The Bertz CT molecular complexity index is 602. The molecule has 1 aliphatic heterocycles. The van der Waals surface area contributed by atoms with Crippen LogP contribution in [0.15, 0.2) is 29.2 Å². The first kappa shape index (κ1) is 16.2. The SMILES string of the molecule is N#CCCCN1CCN(S(=O)(=O)c2ccc(Cl)cc2)CC1. The molecule has 1 aliphatic rings. The topological polar surface area (TPSA) is 64.4 Å². The lowest BCUT2D eigenvalue weighted by atomic mass is 10.3. The third-order valence-corrected chi connectivity index (χ3v) is 5.71. The van der Waals surface area contributed by atoms with E-state index in [2.05, 4.69) is 11.0 Å². The molecule has 1 heterocycles. The van der Waals surface area contributed by atoms with Crippen molar-refractivity contribution in [1.29, 1.82) is 5.26 Å². The molecule has 7 heteroatoms. The predicted molar refractivity (Wildman–Crippen MR) is 81.5 cm³/mol. The van der Waals surface area contributed by atoms with Gasteiger partial charge in [0.2, 0.25) is 10.0 Å². The van der Waals surface area contributed by atoms with Crippen LogP contribution in [-0.2, 0) is 10.0 Å². The van der Waals surface area contributed by atoms with Gasteiger partial charge in [-0.1, -0.05) is 11.6 Å². The first-order valence-corrected chi connectivity index (χ1v) is 8.71. The van der Waals surface area contributed by atoms with Crippen LogP contribution in [0.2, 0.25) is 5.02 Å². The smallest absolute Gasteiger partial charge is 0.243 e. The summed E-state index contributed by atoms with van der Waals surface area (Å²) in [5, 5.41) is 9.05. The summed E-state index contributed by atoms with van der Waals surface area (Å²) >= 11 is 5.79. The van der Waals surface area contributed by atoms with Gasteiger partial charge in [-0.15, -0.1) is 0 Å². The number of piperazine rings is 1. The van der Waals surface area contributed by atoms with E-state index in [1.54, 1.807) is 12.1 Å². The Labute approximate surface area is 130 Å². The molecule has 0 atom stereocenters. The van der Waals surface area contributed by atoms with E-state index in [0.717, 1.165) is 13.0 Å². The van der Waals surface area contributed by atoms with E-state index in [1.165, 1.54) is 16.4 Å². The Balaban J connectivity index is 1.95. The third kappa shape index (κ3) is 4.17. The number of hydrogen-bond acceptors (Lipinski definition) is 4. The molecule has 21 heavy (non-hydrogen) atoms. The van der Waals surface area contributed by atoms with Gasteiger partial charge in [0.15, 0.2) is 0 Å². The second-order valence-electron chi connectivity index (χ2n) is 4.96. The molecule has 0 spiro atoms. The van der Waals surface area contributed by atoms with Crippen LogP contribution in [0.3, 0.4) is 0 Å². The molecule has 0 N–H and O–H groups in total. The quantitative estimate of drug-likeness (QED) is 0.775. The molecule has 0 bridgehead atoms. The van der Waals surface area contributed by atoms with E-state index >= 15 is 0 Å². The van der Waals surface area contributed by atoms with E-state index in [4.69, 9.17) is 16.9 Å². The monoisotopic (exact) mass is 327 g/mol. The minimum atomic E-state index is -3.43. The molecule has 114 valence electrons. The van der Waals surface area contributed by atoms with Gasteiger partial charge in [0, 0.05) is 37.6 Å². The highest BCUT2D eigenvalue weighted by molar-refractivity contribution is 7.89. The van der Waals surface area contributed by atoms with Crippen LogP contribution in [0.25, 0.3) is 0 Å². The maximum absolute atomic E-state index is 12.5. The fourth-order valence-electron chi connectivity index (χ4n) is 2.33. The molecular weight excluding hydrogens is 310 g/mol. The zero-order chi connectivity index (χ0) is 15.3. The van der Waals surface area contributed by atoms with Gasteiger partial charge >= 0.3 is 0 Å². The van der Waals surface area contributed by atoms with Gasteiger partial charge in [-0.3, -0.25) is 0 Å². The summed E-state index contributed by atoms with van der Waals surface area (Å²) in [6.45, 7) is 3.23. The molecule has 0 amide bonds. The van der Waals surface area contributed by atoms with Gasteiger partial charge in [-0.05, 0) is 37.2 Å². The average Bonchev–Trinajstić information content (AvgIpc) is 2.48. The second-order valence-corrected chi connectivity index (χ2v) is 7.34. The van der Waals surface area contributed by atoms with Crippen molar-refractivity contribution in [3.8, 4) is 6.07 Å². The van der Waals surface area contributed by atoms with E-state index in [9.17, 15) is 8.42 Å². The zero-order valence-corrected chi connectivity index (χ0v) is 13.3. The molecule has 5 nitrogen and oxygen atoms in total. The van der Waals surface area contributed by atoms with Gasteiger partial charge in [0.05, 0.1) is 11.0 Å². The predicted octanol–water partition coefficient (Wildman–Crippen LogP) is 1.95. The number of sulfonamides is 1. The van der Waals surface area contributed by atoms with Crippen molar-refractivity contribution in [2.24, 2.45) is 0 Å². The molecule has 0 radical (unpaired) electrons. The average molecular weight is 328 g/mol. The van der Waals surface area contributed by atoms with Crippen molar-refractivity contribution in [2.45, 2.75) is 17.7 Å². The van der Waals surface area contributed by atoms with Crippen molar-refractivity contribution >= 4 is 21.6 Å². The lowest BCUT2D eigenvalue weighted by Crippen LogP contribution is -2.48. The highest BCUT2D eigenvalue weighted by Crippen LogP contribution is 2.19. The van der Waals surface area contributed by atoms with E-state index < -0.39 is 10.0 Å². The first-order chi connectivity index (χ1) is 10.0. The van der Waals surface area contributed by atoms with Crippen molar-refractivity contribution in [3.05, 3.63) is 29.3 Å². The Hall–Kier alpha value is -1.13. The van der Waals surface area contributed by atoms with E-state index in [1.807, 2.05) is 0 Å². The first-order valence-electron chi connectivity index (χ1n) is 6.89. The molecule has 1 fully saturated rings. The van der Waals surface area contributed by atoms with Crippen LogP contribution >= 0.6 is 11.6 Å². The van der Waals surface area contributed by atoms with Crippen molar-refractivity contribution in [2.75, 3.05) is 32.7 Å². The van der Waals surface area contributed by atoms with Gasteiger partial charge < -0.3 is 4.90 Å². The van der Waals surface area contributed by atoms with Crippen molar-refractivity contribution in [3.63, 3.8) is 0 Å². The lowest BCUT2D eigenvalue weighted by molar-refractivity contribution is 0.187. The van der Waals surface area contributed by atoms with Crippen molar-refractivity contribution < 1.29 is 8.42 Å². The fourth-order valence-corrected chi connectivity index (χ4v) is 3.88. The van der Waals surface area contributed by atoms with Crippen LogP contribution < -0.4 is 0 Å². The van der Waals surface area contributed by atoms with Gasteiger partial charge in [-0.2, -0.15) is 9.57 Å². The highest BCUT2D eigenvalue weighted by atomic mass is 35.5. The number of benzene rings is 1. The van der Waals surface area contributed by atoms with E-state index in [-0.39, 0.29) is 4.90 Å². The van der Waals surface area contributed by atoms with E-state index in [0.29, 0.717) is 37.6 Å². The van der Waals surface area contributed by atoms with Crippen LogP contribution in [0.5, 0.6) is 0 Å². The summed E-state index contributed by atoms with van der Waals surface area (Å²) in [6.07, 6.45) is 1.38. The number of rotatable bonds is 5. The Morgan fingerprint density at radius 1 is 1.14 bits per heavy atom. The van der Waals surface area contributed by atoms with Crippen LogP contribution in [0.1, 0.15) is 12.8 Å². The molecule has 0 unspecified atom stereocenters. The molecule has 0 aliphatic carbocycles. The van der Waals surface area contributed by atoms with Gasteiger partial charge in [0.1, 0.15) is 0 Å². The largest absolute Gasteiger partial charge is 0.301 e.